The lowest BCUT2D eigenvalue weighted by Gasteiger charge is -2.26. The van der Waals surface area contributed by atoms with Gasteiger partial charge in [-0.15, -0.1) is 0 Å². The van der Waals surface area contributed by atoms with Gasteiger partial charge in [0.05, 0.1) is 0 Å². The molecule has 1 heterocycles. The number of benzene rings is 1. The zero-order valence-corrected chi connectivity index (χ0v) is 11.1. The number of nitrogens with zero attached hydrogens (tertiary/aromatic N) is 1. The van der Waals surface area contributed by atoms with E-state index in [2.05, 4.69) is 24.8 Å². The number of hydrogen-bond acceptors (Lipinski definition) is 4. The maximum absolute atomic E-state index is 8.93. The Hall–Kier alpha value is -1.26. The third-order valence-corrected chi connectivity index (χ3v) is 3.16. The molecular weight excluding hydrogens is 230 g/mol. The smallest absolute Gasteiger partial charge is 0.231 e. The van der Waals surface area contributed by atoms with Gasteiger partial charge in [-0.05, 0) is 38.0 Å². The molecule has 0 saturated carbocycles. The molecule has 1 aliphatic heterocycles. The number of aliphatic hydroxyl groups is 1. The van der Waals surface area contributed by atoms with Crippen LogP contribution in [0.25, 0.3) is 0 Å². The van der Waals surface area contributed by atoms with Crippen molar-refractivity contribution in [2.75, 3.05) is 19.9 Å². The number of hydrogen-bond donors (Lipinski definition) is 1. The standard InChI is InChI=1S/C14H21NO3/c1-11(2)15(6-3-7-16)9-12-4-5-13-14(8-12)18-10-17-13/h4-5,8,11,16H,3,6-7,9-10H2,1-2H3. The van der Waals surface area contributed by atoms with Crippen molar-refractivity contribution >= 4 is 0 Å². The first-order valence-electron chi connectivity index (χ1n) is 6.44. The van der Waals surface area contributed by atoms with Gasteiger partial charge in [-0.3, -0.25) is 4.90 Å². The molecule has 0 fully saturated rings. The zero-order chi connectivity index (χ0) is 13.0. The molecule has 0 spiro atoms. The normalized spacial score (nSPS) is 13.6. The topological polar surface area (TPSA) is 41.9 Å². The maximum Gasteiger partial charge on any atom is 0.231 e. The molecule has 4 nitrogen and oxygen atoms in total. The molecule has 0 aromatic heterocycles. The Morgan fingerprint density at radius 1 is 1.28 bits per heavy atom. The summed E-state index contributed by atoms with van der Waals surface area (Å²) < 4.78 is 10.7. The molecule has 0 unspecified atom stereocenters. The molecule has 2 rings (SSSR count). The second-order valence-electron chi connectivity index (χ2n) is 4.83. The minimum atomic E-state index is 0.240. The largest absolute Gasteiger partial charge is 0.454 e. The SMILES string of the molecule is CC(C)N(CCCO)Cc1ccc2c(c1)OCO2. The van der Waals surface area contributed by atoms with Crippen molar-refractivity contribution < 1.29 is 14.6 Å². The fraction of sp³-hybridized carbons (Fsp3) is 0.571. The second kappa shape index (κ2) is 6.07. The van der Waals surface area contributed by atoms with Crippen LogP contribution in [0.1, 0.15) is 25.8 Å². The summed E-state index contributed by atoms with van der Waals surface area (Å²) in [5.74, 6) is 1.66. The molecule has 0 aliphatic carbocycles. The van der Waals surface area contributed by atoms with Crippen LogP contribution in [0.15, 0.2) is 18.2 Å². The van der Waals surface area contributed by atoms with Gasteiger partial charge in [-0.25, -0.2) is 0 Å². The van der Waals surface area contributed by atoms with E-state index in [9.17, 15) is 0 Å². The van der Waals surface area contributed by atoms with Crippen LogP contribution in [0.4, 0.5) is 0 Å². The summed E-state index contributed by atoms with van der Waals surface area (Å²) in [6, 6.07) is 6.53. The molecule has 0 radical (unpaired) electrons. The van der Waals surface area contributed by atoms with Crippen molar-refractivity contribution in [2.24, 2.45) is 0 Å². The summed E-state index contributed by atoms with van der Waals surface area (Å²) in [7, 11) is 0. The van der Waals surface area contributed by atoms with E-state index in [1.54, 1.807) is 0 Å². The van der Waals surface area contributed by atoms with Gasteiger partial charge in [0.2, 0.25) is 6.79 Å². The van der Waals surface area contributed by atoms with E-state index in [1.165, 1.54) is 5.56 Å². The summed E-state index contributed by atoms with van der Waals surface area (Å²) >= 11 is 0. The van der Waals surface area contributed by atoms with Crippen LogP contribution in [-0.4, -0.2) is 36.0 Å². The van der Waals surface area contributed by atoms with Gasteiger partial charge in [-0.1, -0.05) is 6.07 Å². The first kappa shape index (κ1) is 13.2. The predicted octanol–water partition coefficient (Wildman–Crippen LogP) is 2.01. The molecule has 0 bridgehead atoms. The van der Waals surface area contributed by atoms with E-state index in [-0.39, 0.29) is 6.61 Å². The molecule has 1 aliphatic rings. The predicted molar refractivity (Wildman–Crippen MR) is 69.8 cm³/mol. The van der Waals surface area contributed by atoms with E-state index < -0.39 is 0 Å². The van der Waals surface area contributed by atoms with Crippen LogP contribution in [0.3, 0.4) is 0 Å². The third-order valence-electron chi connectivity index (χ3n) is 3.16. The summed E-state index contributed by atoms with van der Waals surface area (Å²) in [5, 5.41) is 8.93. The fourth-order valence-corrected chi connectivity index (χ4v) is 2.07. The Bertz CT molecular complexity index is 393. The van der Waals surface area contributed by atoms with Crippen molar-refractivity contribution in [1.82, 2.24) is 4.90 Å². The van der Waals surface area contributed by atoms with Gasteiger partial charge in [0, 0.05) is 25.7 Å². The highest BCUT2D eigenvalue weighted by molar-refractivity contribution is 5.44. The average Bonchev–Trinajstić information content (AvgIpc) is 2.81. The fourth-order valence-electron chi connectivity index (χ4n) is 2.07. The lowest BCUT2D eigenvalue weighted by atomic mass is 10.1. The van der Waals surface area contributed by atoms with Crippen molar-refractivity contribution in [3.63, 3.8) is 0 Å². The lowest BCUT2D eigenvalue weighted by Crippen LogP contribution is -2.31. The minimum Gasteiger partial charge on any atom is -0.454 e. The highest BCUT2D eigenvalue weighted by atomic mass is 16.7. The molecule has 0 saturated heterocycles. The number of aliphatic hydroxyl groups excluding tert-OH is 1. The van der Waals surface area contributed by atoms with E-state index in [1.807, 2.05) is 12.1 Å². The third kappa shape index (κ3) is 3.15. The Labute approximate surface area is 108 Å². The molecule has 0 amide bonds. The summed E-state index contributed by atoms with van der Waals surface area (Å²) in [6.45, 7) is 6.67. The molecule has 1 aromatic rings. The average molecular weight is 251 g/mol. The van der Waals surface area contributed by atoms with Crippen molar-refractivity contribution in [3.8, 4) is 11.5 Å². The highest BCUT2D eigenvalue weighted by Gasteiger charge is 2.15. The zero-order valence-electron chi connectivity index (χ0n) is 11.1. The molecular formula is C14H21NO3. The van der Waals surface area contributed by atoms with Gasteiger partial charge in [-0.2, -0.15) is 0 Å². The van der Waals surface area contributed by atoms with Gasteiger partial charge >= 0.3 is 0 Å². The monoisotopic (exact) mass is 251 g/mol. The molecule has 100 valence electrons. The first-order chi connectivity index (χ1) is 8.70. The molecule has 0 atom stereocenters. The molecule has 1 N–H and O–H groups in total. The Morgan fingerprint density at radius 2 is 2.06 bits per heavy atom. The number of fused-ring (bicyclic) bond motifs is 1. The van der Waals surface area contributed by atoms with Crippen molar-refractivity contribution in [3.05, 3.63) is 23.8 Å². The Balaban J connectivity index is 2.02. The van der Waals surface area contributed by atoms with Crippen LogP contribution >= 0.6 is 0 Å². The second-order valence-corrected chi connectivity index (χ2v) is 4.83. The van der Waals surface area contributed by atoms with Gasteiger partial charge in [0.1, 0.15) is 0 Å². The van der Waals surface area contributed by atoms with Crippen molar-refractivity contribution in [2.45, 2.75) is 32.9 Å². The van der Waals surface area contributed by atoms with E-state index in [4.69, 9.17) is 14.6 Å². The quantitative estimate of drug-likeness (QED) is 0.839. The number of rotatable bonds is 6. The van der Waals surface area contributed by atoms with Crippen LogP contribution in [-0.2, 0) is 6.54 Å². The van der Waals surface area contributed by atoms with Gasteiger partial charge in [0.15, 0.2) is 11.5 Å². The highest BCUT2D eigenvalue weighted by Crippen LogP contribution is 2.32. The number of ether oxygens (including phenoxy) is 2. The molecule has 1 aromatic carbocycles. The van der Waals surface area contributed by atoms with E-state index >= 15 is 0 Å². The van der Waals surface area contributed by atoms with Crippen LogP contribution in [0.2, 0.25) is 0 Å². The summed E-state index contributed by atoms with van der Waals surface area (Å²) in [6.07, 6.45) is 0.808. The van der Waals surface area contributed by atoms with Gasteiger partial charge in [0.25, 0.3) is 0 Å². The first-order valence-corrected chi connectivity index (χ1v) is 6.44. The van der Waals surface area contributed by atoms with E-state index in [0.717, 1.165) is 31.0 Å². The minimum absolute atomic E-state index is 0.240. The van der Waals surface area contributed by atoms with Crippen molar-refractivity contribution in [1.29, 1.82) is 0 Å². The maximum atomic E-state index is 8.93. The van der Waals surface area contributed by atoms with Crippen LogP contribution in [0, 0.1) is 0 Å². The van der Waals surface area contributed by atoms with Crippen LogP contribution < -0.4 is 9.47 Å². The summed E-state index contributed by atoms with van der Waals surface area (Å²) in [4.78, 5) is 2.34. The van der Waals surface area contributed by atoms with E-state index in [0.29, 0.717) is 12.8 Å². The Morgan fingerprint density at radius 3 is 2.78 bits per heavy atom. The lowest BCUT2D eigenvalue weighted by molar-refractivity contribution is 0.173. The molecule has 4 heteroatoms. The summed E-state index contributed by atoms with van der Waals surface area (Å²) in [5.41, 5.74) is 1.21. The Kier molecular flexibility index (Phi) is 4.44. The molecule has 18 heavy (non-hydrogen) atoms. The van der Waals surface area contributed by atoms with Crippen LogP contribution in [0.5, 0.6) is 11.5 Å². The van der Waals surface area contributed by atoms with Gasteiger partial charge < -0.3 is 14.6 Å².